The van der Waals surface area contributed by atoms with Crippen LogP contribution in [0.2, 0.25) is 6.32 Å². The largest absolute Gasteiger partial charge is 0.481 e. The van der Waals surface area contributed by atoms with Gasteiger partial charge in [0.15, 0.2) is 0 Å². The Hall–Kier alpha value is -0.585. The number of carboxylic acid groups (broad SMARTS) is 1. The number of hydrogen-bond donors (Lipinski definition) is 3. The molecule has 1 rings (SSSR count). The number of carboxylic acids is 1. The van der Waals surface area contributed by atoms with E-state index in [2.05, 4.69) is 0 Å². The first-order valence-electron chi connectivity index (χ1n) is 5.28. The van der Waals surface area contributed by atoms with Gasteiger partial charge < -0.3 is 20.1 Å². The highest BCUT2D eigenvalue weighted by Gasteiger charge is 2.35. The van der Waals surface area contributed by atoms with E-state index in [0.29, 0.717) is 19.3 Å². The smallest absolute Gasteiger partial charge is 0.451 e. The van der Waals surface area contributed by atoms with Crippen LogP contribution in [0, 0.1) is 11.8 Å². The average molecular weight is 215 g/mol. The molecule has 1 heterocycles. The van der Waals surface area contributed by atoms with Crippen molar-refractivity contribution in [1.82, 2.24) is 4.90 Å². The number of rotatable bonds is 5. The monoisotopic (exact) mass is 215 g/mol. The first-order valence-corrected chi connectivity index (χ1v) is 5.28. The summed E-state index contributed by atoms with van der Waals surface area (Å²) < 4.78 is 0. The Balaban J connectivity index is 2.35. The highest BCUT2D eigenvalue weighted by molar-refractivity contribution is 6.40. The third-order valence-corrected chi connectivity index (χ3v) is 2.98. The summed E-state index contributed by atoms with van der Waals surface area (Å²) in [6, 6.07) is 0. The lowest BCUT2D eigenvalue weighted by Crippen LogP contribution is -2.22. The number of likely N-dealkylation sites (tertiary alicyclic amines) is 1. The minimum atomic E-state index is -1.27. The second-order valence-corrected chi connectivity index (χ2v) is 4.34. The molecule has 0 saturated carbocycles. The van der Waals surface area contributed by atoms with Gasteiger partial charge in [-0.1, -0.05) is 6.42 Å². The van der Waals surface area contributed by atoms with Gasteiger partial charge in [-0.15, -0.1) is 0 Å². The molecule has 1 aliphatic heterocycles. The molecule has 0 aromatic rings. The van der Waals surface area contributed by atoms with Gasteiger partial charge in [0.1, 0.15) is 0 Å². The molecule has 0 aromatic carbocycles. The van der Waals surface area contributed by atoms with E-state index in [1.165, 1.54) is 0 Å². The van der Waals surface area contributed by atoms with Gasteiger partial charge in [-0.25, -0.2) is 0 Å². The fourth-order valence-electron chi connectivity index (χ4n) is 2.22. The molecule has 3 N–H and O–H groups in total. The number of carbonyl (C=O) groups is 1. The van der Waals surface area contributed by atoms with E-state index in [1.54, 1.807) is 0 Å². The molecule has 1 fully saturated rings. The standard InChI is InChI=1S/C9H18BNO4/c1-11-5-7(3-2-4-10(14)15)8(6-11)9(12)13/h7-8,14-15H,2-6H2,1H3,(H,12,13). The van der Waals surface area contributed by atoms with Crippen LogP contribution in [0.4, 0.5) is 0 Å². The van der Waals surface area contributed by atoms with Crippen molar-refractivity contribution in [3.05, 3.63) is 0 Å². The zero-order chi connectivity index (χ0) is 11.4. The van der Waals surface area contributed by atoms with Crippen molar-refractivity contribution >= 4 is 13.1 Å². The predicted octanol–water partition coefficient (Wildman–Crippen LogP) is -0.498. The van der Waals surface area contributed by atoms with Crippen LogP contribution in [0.25, 0.3) is 0 Å². The molecule has 1 saturated heterocycles. The fraction of sp³-hybridized carbons (Fsp3) is 0.889. The highest BCUT2D eigenvalue weighted by atomic mass is 16.4. The van der Waals surface area contributed by atoms with Gasteiger partial charge in [-0.05, 0) is 25.7 Å². The molecule has 0 radical (unpaired) electrons. The predicted molar refractivity (Wildman–Crippen MR) is 56.3 cm³/mol. The van der Waals surface area contributed by atoms with Gasteiger partial charge >= 0.3 is 13.1 Å². The molecule has 2 unspecified atom stereocenters. The first kappa shape index (κ1) is 12.5. The molecule has 2 atom stereocenters. The third kappa shape index (κ3) is 3.81. The van der Waals surface area contributed by atoms with E-state index in [4.69, 9.17) is 15.2 Å². The number of nitrogens with zero attached hydrogens (tertiary/aromatic N) is 1. The normalized spacial score (nSPS) is 26.9. The molecule has 6 heteroatoms. The van der Waals surface area contributed by atoms with E-state index in [-0.39, 0.29) is 11.8 Å². The molecular weight excluding hydrogens is 197 g/mol. The highest BCUT2D eigenvalue weighted by Crippen LogP contribution is 2.27. The Kier molecular flexibility index (Phi) is 4.57. The number of aliphatic carboxylic acids is 1. The van der Waals surface area contributed by atoms with Crippen LogP contribution in [0.1, 0.15) is 12.8 Å². The third-order valence-electron chi connectivity index (χ3n) is 2.98. The van der Waals surface area contributed by atoms with Crippen LogP contribution < -0.4 is 0 Å². The van der Waals surface area contributed by atoms with Crippen LogP contribution in [-0.4, -0.2) is 53.3 Å². The summed E-state index contributed by atoms with van der Waals surface area (Å²) in [5.41, 5.74) is 0. The lowest BCUT2D eigenvalue weighted by molar-refractivity contribution is -0.142. The molecule has 0 spiro atoms. The fourth-order valence-corrected chi connectivity index (χ4v) is 2.22. The van der Waals surface area contributed by atoms with Crippen LogP contribution in [-0.2, 0) is 4.79 Å². The minimum absolute atomic E-state index is 0.145. The minimum Gasteiger partial charge on any atom is -0.481 e. The Bertz CT molecular complexity index is 224. The lowest BCUT2D eigenvalue weighted by Gasteiger charge is -2.13. The van der Waals surface area contributed by atoms with Crippen molar-refractivity contribution in [2.75, 3.05) is 20.1 Å². The maximum Gasteiger partial charge on any atom is 0.451 e. The van der Waals surface area contributed by atoms with Crippen molar-refractivity contribution in [3.8, 4) is 0 Å². The van der Waals surface area contributed by atoms with E-state index in [1.807, 2.05) is 11.9 Å². The van der Waals surface area contributed by atoms with Crippen LogP contribution in [0.3, 0.4) is 0 Å². The second kappa shape index (κ2) is 5.49. The maximum absolute atomic E-state index is 10.9. The summed E-state index contributed by atoms with van der Waals surface area (Å²) in [6.07, 6.45) is 1.74. The van der Waals surface area contributed by atoms with Gasteiger partial charge in [-0.2, -0.15) is 0 Å². The zero-order valence-corrected chi connectivity index (χ0v) is 8.96. The van der Waals surface area contributed by atoms with E-state index >= 15 is 0 Å². The van der Waals surface area contributed by atoms with Crippen LogP contribution in [0.15, 0.2) is 0 Å². The Morgan fingerprint density at radius 3 is 2.67 bits per heavy atom. The van der Waals surface area contributed by atoms with Gasteiger partial charge in [0.25, 0.3) is 0 Å². The summed E-state index contributed by atoms with van der Waals surface area (Å²) in [4.78, 5) is 12.9. The second-order valence-electron chi connectivity index (χ2n) is 4.34. The average Bonchev–Trinajstić information content (AvgIpc) is 2.46. The molecule has 0 aliphatic carbocycles. The van der Waals surface area contributed by atoms with Gasteiger partial charge in [0.2, 0.25) is 0 Å². The van der Waals surface area contributed by atoms with Crippen molar-refractivity contribution in [2.24, 2.45) is 11.8 Å². The van der Waals surface area contributed by atoms with Crippen LogP contribution in [0.5, 0.6) is 0 Å². The first-order chi connectivity index (χ1) is 7.00. The van der Waals surface area contributed by atoms with E-state index < -0.39 is 13.1 Å². The molecule has 0 bridgehead atoms. The molecule has 5 nitrogen and oxygen atoms in total. The molecule has 0 aromatic heterocycles. The van der Waals surface area contributed by atoms with Crippen LogP contribution >= 0.6 is 0 Å². The maximum atomic E-state index is 10.9. The summed E-state index contributed by atoms with van der Waals surface area (Å²) >= 11 is 0. The van der Waals surface area contributed by atoms with E-state index in [9.17, 15) is 4.79 Å². The molecule has 15 heavy (non-hydrogen) atoms. The molecule has 86 valence electrons. The van der Waals surface area contributed by atoms with Gasteiger partial charge in [0, 0.05) is 13.1 Å². The van der Waals surface area contributed by atoms with Gasteiger partial charge in [0.05, 0.1) is 5.92 Å². The summed E-state index contributed by atoms with van der Waals surface area (Å²) in [5.74, 6) is -0.897. The quantitative estimate of drug-likeness (QED) is 0.539. The molecular formula is C9H18BNO4. The number of hydrogen-bond acceptors (Lipinski definition) is 4. The Morgan fingerprint density at radius 2 is 2.13 bits per heavy atom. The molecule has 1 aliphatic rings. The molecule has 0 amide bonds. The van der Waals surface area contributed by atoms with E-state index in [0.717, 1.165) is 13.0 Å². The summed E-state index contributed by atoms with van der Waals surface area (Å²) in [7, 11) is 0.643. The van der Waals surface area contributed by atoms with Crippen molar-refractivity contribution in [3.63, 3.8) is 0 Å². The summed E-state index contributed by atoms with van der Waals surface area (Å²) in [5, 5.41) is 26.3. The van der Waals surface area contributed by atoms with Crippen molar-refractivity contribution in [1.29, 1.82) is 0 Å². The van der Waals surface area contributed by atoms with Crippen molar-refractivity contribution in [2.45, 2.75) is 19.2 Å². The topological polar surface area (TPSA) is 81.0 Å². The van der Waals surface area contributed by atoms with Crippen molar-refractivity contribution < 1.29 is 19.9 Å². The summed E-state index contributed by atoms with van der Waals surface area (Å²) in [6.45, 7) is 1.39. The Labute approximate surface area is 89.8 Å². The van der Waals surface area contributed by atoms with Gasteiger partial charge in [-0.3, -0.25) is 4.79 Å². The Morgan fingerprint density at radius 1 is 1.47 bits per heavy atom. The lowest BCUT2D eigenvalue weighted by atomic mass is 9.80. The SMILES string of the molecule is CN1CC(CCCB(O)O)C(C(=O)O)C1. The zero-order valence-electron chi connectivity index (χ0n) is 8.96.